The van der Waals surface area contributed by atoms with E-state index < -0.39 is 5.82 Å². The van der Waals surface area contributed by atoms with E-state index in [1.54, 1.807) is 24.3 Å². The molecule has 1 fully saturated rings. The third-order valence-electron chi connectivity index (χ3n) is 4.71. The molecule has 1 aliphatic rings. The molecule has 160 valence electrons. The van der Waals surface area contributed by atoms with Crippen molar-refractivity contribution in [2.75, 3.05) is 22.6 Å². The number of fused-ring (bicyclic) bond motifs is 1. The maximum absolute atomic E-state index is 13.5. The zero-order chi connectivity index (χ0) is 21.8. The van der Waals surface area contributed by atoms with Crippen molar-refractivity contribution in [2.45, 2.75) is 12.8 Å². The smallest absolute Gasteiger partial charge is 0.248 e. The molecule has 1 heterocycles. The third-order valence-corrected chi connectivity index (χ3v) is 5.37. The van der Waals surface area contributed by atoms with Gasteiger partial charge in [0, 0.05) is 28.5 Å². The molecule has 1 saturated carbocycles. The second-order valence-corrected chi connectivity index (χ2v) is 8.20. The molecular formula is C22H19BrClFN4O2. The van der Waals surface area contributed by atoms with E-state index in [0.717, 1.165) is 12.8 Å². The van der Waals surface area contributed by atoms with Crippen molar-refractivity contribution in [1.29, 1.82) is 0 Å². The molecule has 0 saturated heterocycles. The van der Waals surface area contributed by atoms with E-state index in [1.165, 1.54) is 24.5 Å². The van der Waals surface area contributed by atoms with Crippen LogP contribution in [0.25, 0.3) is 10.9 Å². The highest BCUT2D eigenvalue weighted by atomic mass is 79.9. The summed E-state index contributed by atoms with van der Waals surface area (Å²) >= 11 is 9.15. The number of nitrogens with one attached hydrogen (secondary N) is 2. The predicted molar refractivity (Wildman–Crippen MR) is 124 cm³/mol. The van der Waals surface area contributed by atoms with Crippen molar-refractivity contribution in [2.24, 2.45) is 5.92 Å². The molecule has 6 nitrogen and oxygen atoms in total. The van der Waals surface area contributed by atoms with Gasteiger partial charge in [-0.05, 0) is 43.0 Å². The topological polar surface area (TPSA) is 76.1 Å². The zero-order valence-electron chi connectivity index (χ0n) is 16.4. The SMILES string of the molecule is O=C(C=CCBr)Nc1cc2c(Nc3ccc(F)c(Cl)c3)ncnc2cc1OCC1CC1. The Hall–Kier alpha value is -2.71. The van der Waals surface area contributed by atoms with Crippen LogP contribution in [0.3, 0.4) is 0 Å². The van der Waals surface area contributed by atoms with Gasteiger partial charge in [-0.2, -0.15) is 0 Å². The highest BCUT2D eigenvalue weighted by molar-refractivity contribution is 9.09. The van der Waals surface area contributed by atoms with Crippen LogP contribution in [-0.4, -0.2) is 27.8 Å². The van der Waals surface area contributed by atoms with Crippen LogP contribution in [0.1, 0.15) is 12.8 Å². The van der Waals surface area contributed by atoms with Gasteiger partial charge in [-0.3, -0.25) is 4.79 Å². The van der Waals surface area contributed by atoms with Crippen LogP contribution in [-0.2, 0) is 4.79 Å². The van der Waals surface area contributed by atoms with Crippen LogP contribution in [0.2, 0.25) is 5.02 Å². The summed E-state index contributed by atoms with van der Waals surface area (Å²) in [6.45, 7) is 0.593. The molecule has 9 heteroatoms. The number of rotatable bonds is 8. The minimum atomic E-state index is -0.501. The van der Waals surface area contributed by atoms with Gasteiger partial charge in [-0.1, -0.05) is 33.6 Å². The molecular weight excluding hydrogens is 487 g/mol. The summed E-state index contributed by atoms with van der Waals surface area (Å²) < 4.78 is 19.5. The number of halogens is 3. The van der Waals surface area contributed by atoms with Crippen LogP contribution in [0.15, 0.2) is 48.8 Å². The van der Waals surface area contributed by atoms with Crippen molar-refractivity contribution in [1.82, 2.24) is 9.97 Å². The highest BCUT2D eigenvalue weighted by Crippen LogP contribution is 2.36. The van der Waals surface area contributed by atoms with Crippen molar-refractivity contribution in [3.05, 3.63) is 59.7 Å². The normalized spacial score (nSPS) is 13.5. The summed E-state index contributed by atoms with van der Waals surface area (Å²) in [5, 5.41) is 7.25. The molecule has 0 atom stereocenters. The standard InChI is InChI=1S/C22H19BrClFN4O2/c23-7-1-2-21(30)29-19-9-15-18(10-20(19)31-11-13-3-4-13)26-12-27-22(15)28-14-5-6-17(25)16(24)8-14/h1-2,5-6,8-10,12-13H,3-4,7,11H2,(H,29,30)(H,26,27,28). The molecule has 3 aromatic rings. The molecule has 0 radical (unpaired) electrons. The quantitative estimate of drug-likeness (QED) is 0.297. The van der Waals surface area contributed by atoms with Gasteiger partial charge in [0.15, 0.2) is 0 Å². The van der Waals surface area contributed by atoms with Crippen LogP contribution in [0, 0.1) is 11.7 Å². The van der Waals surface area contributed by atoms with E-state index in [2.05, 4.69) is 36.5 Å². The van der Waals surface area contributed by atoms with Crippen LogP contribution in [0.4, 0.5) is 21.6 Å². The van der Waals surface area contributed by atoms with Crippen molar-refractivity contribution in [3.63, 3.8) is 0 Å². The van der Waals surface area contributed by atoms with Crippen LogP contribution >= 0.6 is 27.5 Å². The Morgan fingerprint density at radius 3 is 2.87 bits per heavy atom. The number of hydrogen-bond donors (Lipinski definition) is 2. The number of allylic oxidation sites excluding steroid dienone is 1. The number of alkyl halides is 1. The lowest BCUT2D eigenvalue weighted by atomic mass is 10.1. The number of carbonyl (C=O) groups excluding carboxylic acids is 1. The highest BCUT2D eigenvalue weighted by Gasteiger charge is 2.23. The average molecular weight is 506 g/mol. The van der Waals surface area contributed by atoms with Crippen molar-refractivity contribution < 1.29 is 13.9 Å². The molecule has 0 aliphatic heterocycles. The number of amides is 1. The summed E-state index contributed by atoms with van der Waals surface area (Å²) in [6.07, 6.45) is 6.89. The Balaban J connectivity index is 1.70. The van der Waals surface area contributed by atoms with E-state index in [9.17, 15) is 9.18 Å². The Bertz CT molecular complexity index is 1150. The maximum atomic E-state index is 13.5. The van der Waals surface area contributed by atoms with Crippen LogP contribution < -0.4 is 15.4 Å². The molecule has 4 rings (SSSR count). The lowest BCUT2D eigenvalue weighted by Crippen LogP contribution is -2.11. The fourth-order valence-corrected chi connectivity index (χ4v) is 3.30. The summed E-state index contributed by atoms with van der Waals surface area (Å²) in [7, 11) is 0. The molecule has 0 bridgehead atoms. The number of benzene rings is 2. The molecule has 1 aromatic heterocycles. The number of anilines is 3. The van der Waals surface area contributed by atoms with E-state index in [-0.39, 0.29) is 10.9 Å². The minimum absolute atomic E-state index is 0.00524. The molecule has 2 N–H and O–H groups in total. The van der Waals surface area contributed by atoms with Crippen LogP contribution in [0.5, 0.6) is 5.75 Å². The largest absolute Gasteiger partial charge is 0.491 e. The summed E-state index contributed by atoms with van der Waals surface area (Å²) in [5.74, 6) is 0.825. The summed E-state index contributed by atoms with van der Waals surface area (Å²) in [5.41, 5.74) is 1.74. The molecule has 1 amide bonds. The first-order chi connectivity index (χ1) is 15.0. The summed E-state index contributed by atoms with van der Waals surface area (Å²) in [6, 6.07) is 7.87. The van der Waals surface area contributed by atoms with Crippen molar-refractivity contribution >= 4 is 61.5 Å². The van der Waals surface area contributed by atoms with E-state index in [4.69, 9.17) is 16.3 Å². The van der Waals surface area contributed by atoms with Gasteiger partial charge in [-0.15, -0.1) is 0 Å². The van der Waals surface area contributed by atoms with Crippen molar-refractivity contribution in [3.8, 4) is 5.75 Å². The molecule has 2 aromatic carbocycles. The maximum Gasteiger partial charge on any atom is 0.248 e. The Morgan fingerprint density at radius 1 is 1.29 bits per heavy atom. The predicted octanol–water partition coefficient (Wildman–Crippen LogP) is 5.84. The van der Waals surface area contributed by atoms with E-state index in [0.29, 0.717) is 51.7 Å². The summed E-state index contributed by atoms with van der Waals surface area (Å²) in [4.78, 5) is 20.9. The van der Waals surface area contributed by atoms with Gasteiger partial charge in [0.25, 0.3) is 0 Å². The molecule has 31 heavy (non-hydrogen) atoms. The minimum Gasteiger partial charge on any atom is -0.491 e. The number of hydrogen-bond acceptors (Lipinski definition) is 5. The number of carbonyl (C=O) groups is 1. The Morgan fingerprint density at radius 2 is 2.13 bits per heavy atom. The van der Waals surface area contributed by atoms with E-state index in [1.807, 2.05) is 0 Å². The fourth-order valence-electron chi connectivity index (χ4n) is 2.93. The fraction of sp³-hybridized carbons (Fsp3) is 0.227. The van der Waals surface area contributed by atoms with Gasteiger partial charge >= 0.3 is 0 Å². The first-order valence-electron chi connectivity index (χ1n) is 9.70. The van der Waals surface area contributed by atoms with Gasteiger partial charge in [0.1, 0.15) is 23.7 Å². The monoisotopic (exact) mass is 504 g/mol. The number of ether oxygens (including phenoxy) is 1. The first-order valence-corrected chi connectivity index (χ1v) is 11.2. The second kappa shape index (κ2) is 9.62. The second-order valence-electron chi connectivity index (χ2n) is 7.14. The zero-order valence-corrected chi connectivity index (χ0v) is 18.7. The lowest BCUT2D eigenvalue weighted by molar-refractivity contribution is -0.111. The molecule has 1 aliphatic carbocycles. The Labute approximate surface area is 192 Å². The number of nitrogens with zero attached hydrogens (tertiary/aromatic N) is 2. The molecule has 0 unspecified atom stereocenters. The number of aromatic nitrogens is 2. The van der Waals surface area contributed by atoms with Gasteiger partial charge in [-0.25, -0.2) is 14.4 Å². The van der Waals surface area contributed by atoms with E-state index >= 15 is 0 Å². The van der Waals surface area contributed by atoms with Gasteiger partial charge in [0.2, 0.25) is 5.91 Å². The van der Waals surface area contributed by atoms with Gasteiger partial charge < -0.3 is 15.4 Å². The Kier molecular flexibility index (Phi) is 6.67. The van der Waals surface area contributed by atoms with Gasteiger partial charge in [0.05, 0.1) is 22.8 Å². The third kappa shape index (κ3) is 5.51. The lowest BCUT2D eigenvalue weighted by Gasteiger charge is -2.15. The average Bonchev–Trinajstić information content (AvgIpc) is 3.58. The molecule has 0 spiro atoms. The first kappa shape index (κ1) is 21.5.